The molecule has 3 rings (SSSR count). The van der Waals surface area contributed by atoms with E-state index in [1.807, 2.05) is 0 Å². The Morgan fingerprint density at radius 3 is 2.62 bits per heavy atom. The Bertz CT molecular complexity index is 575. The lowest BCUT2D eigenvalue weighted by molar-refractivity contribution is -0.390. The van der Waals surface area contributed by atoms with Gasteiger partial charge in [0.1, 0.15) is 4.47 Å². The number of nitrogens with one attached hydrogen (secondary N) is 2. The van der Waals surface area contributed by atoms with E-state index in [4.69, 9.17) is 0 Å². The van der Waals surface area contributed by atoms with Crippen LogP contribution in [0.25, 0.3) is 0 Å². The molecule has 0 aromatic carbocycles. The van der Waals surface area contributed by atoms with Gasteiger partial charge in [0, 0.05) is 18.1 Å². The zero-order valence-electron chi connectivity index (χ0n) is 11.5. The number of aromatic amines is 1. The van der Waals surface area contributed by atoms with Gasteiger partial charge in [-0.2, -0.15) is 0 Å². The Hall–Kier alpha value is -1.48. The minimum Gasteiger partial charge on any atom is -0.358 e. The highest BCUT2D eigenvalue weighted by atomic mass is 79.9. The van der Waals surface area contributed by atoms with Crippen molar-refractivity contribution < 1.29 is 9.72 Å². The second-order valence-electron chi connectivity index (χ2n) is 5.68. The molecule has 0 saturated carbocycles. The van der Waals surface area contributed by atoms with Crippen LogP contribution in [0, 0.1) is 10.1 Å². The molecule has 8 nitrogen and oxygen atoms in total. The van der Waals surface area contributed by atoms with Crippen LogP contribution < -0.4 is 5.32 Å². The normalized spacial score (nSPS) is 28.6. The number of nitrogens with zero attached hydrogens (tertiary/aromatic N) is 3. The molecule has 1 aromatic heterocycles. The summed E-state index contributed by atoms with van der Waals surface area (Å²) in [5.74, 6) is -0.677. The van der Waals surface area contributed by atoms with Crippen LogP contribution in [-0.2, 0) is 0 Å². The van der Waals surface area contributed by atoms with Gasteiger partial charge in [-0.3, -0.25) is 4.79 Å². The lowest BCUT2D eigenvalue weighted by atomic mass is 9.98. The molecule has 21 heavy (non-hydrogen) atoms. The average molecular weight is 358 g/mol. The summed E-state index contributed by atoms with van der Waals surface area (Å²) >= 11 is 3.06. The number of aromatic nitrogens is 2. The quantitative estimate of drug-likeness (QED) is 0.628. The minimum absolute atomic E-state index is 0.0352. The van der Waals surface area contributed by atoms with Gasteiger partial charge < -0.3 is 20.3 Å². The van der Waals surface area contributed by atoms with Crippen molar-refractivity contribution in [3.05, 3.63) is 20.3 Å². The van der Waals surface area contributed by atoms with Crippen molar-refractivity contribution in [1.29, 1.82) is 0 Å². The second kappa shape index (κ2) is 5.38. The Morgan fingerprint density at radius 1 is 1.48 bits per heavy atom. The van der Waals surface area contributed by atoms with E-state index in [0.717, 1.165) is 12.8 Å². The van der Waals surface area contributed by atoms with E-state index in [9.17, 15) is 14.9 Å². The maximum atomic E-state index is 12.2. The SMILES string of the molecule is CN1C2CCC1CC(NC(=O)c1n[nH]c([N+](=O)[O-])c1Br)C2. The Labute approximate surface area is 129 Å². The summed E-state index contributed by atoms with van der Waals surface area (Å²) in [4.78, 5) is 24.7. The van der Waals surface area contributed by atoms with Gasteiger partial charge in [-0.15, -0.1) is 5.10 Å². The molecule has 2 aliphatic rings. The van der Waals surface area contributed by atoms with E-state index >= 15 is 0 Å². The molecule has 0 aliphatic carbocycles. The maximum absolute atomic E-state index is 12.2. The standard InChI is InChI=1S/C12H16BrN5O3/c1-17-7-2-3-8(17)5-6(4-7)14-12(19)10-9(13)11(16-15-10)18(20)21/h6-8H,2-5H2,1H3,(H,14,19)(H,15,16). The molecule has 1 aromatic rings. The van der Waals surface area contributed by atoms with Crippen LogP contribution in [0.2, 0.25) is 0 Å². The monoisotopic (exact) mass is 357 g/mol. The molecular weight excluding hydrogens is 342 g/mol. The highest BCUT2D eigenvalue weighted by Crippen LogP contribution is 2.34. The van der Waals surface area contributed by atoms with Gasteiger partial charge in [-0.05, 0) is 53.6 Å². The fourth-order valence-electron chi connectivity index (χ4n) is 3.37. The van der Waals surface area contributed by atoms with Crippen molar-refractivity contribution in [3.63, 3.8) is 0 Å². The predicted octanol–water partition coefficient (Wildman–Crippen LogP) is 1.44. The zero-order valence-corrected chi connectivity index (χ0v) is 13.1. The van der Waals surface area contributed by atoms with Crippen molar-refractivity contribution in [2.75, 3.05) is 7.05 Å². The fourth-order valence-corrected chi connectivity index (χ4v) is 3.88. The number of piperidine rings is 1. The number of carbonyl (C=O) groups is 1. The molecule has 114 valence electrons. The number of H-pyrrole nitrogens is 1. The highest BCUT2D eigenvalue weighted by molar-refractivity contribution is 9.10. The summed E-state index contributed by atoms with van der Waals surface area (Å²) < 4.78 is 0.0981. The number of hydrogen-bond donors (Lipinski definition) is 2. The van der Waals surface area contributed by atoms with E-state index in [1.54, 1.807) is 0 Å². The van der Waals surface area contributed by atoms with Crippen LogP contribution in [-0.4, -0.2) is 51.1 Å². The number of halogens is 1. The Morgan fingerprint density at radius 2 is 2.10 bits per heavy atom. The third kappa shape index (κ3) is 2.55. The lowest BCUT2D eigenvalue weighted by Gasteiger charge is -2.36. The molecular formula is C12H16BrN5O3. The number of hydrogen-bond acceptors (Lipinski definition) is 5. The van der Waals surface area contributed by atoms with Crippen molar-refractivity contribution in [3.8, 4) is 0 Å². The van der Waals surface area contributed by atoms with Crippen LogP contribution in [0.4, 0.5) is 5.82 Å². The Balaban J connectivity index is 1.69. The second-order valence-corrected chi connectivity index (χ2v) is 6.48. The molecule has 2 aliphatic heterocycles. The first-order chi connectivity index (χ1) is 9.97. The third-order valence-electron chi connectivity index (χ3n) is 4.52. The van der Waals surface area contributed by atoms with Gasteiger partial charge in [0.25, 0.3) is 5.91 Å². The first kappa shape index (κ1) is 14.5. The Kier molecular flexibility index (Phi) is 3.70. The minimum atomic E-state index is -0.607. The van der Waals surface area contributed by atoms with Crippen molar-refractivity contribution in [2.24, 2.45) is 0 Å². The number of amides is 1. The molecule has 2 bridgehead atoms. The van der Waals surface area contributed by atoms with Crippen LogP contribution in [0.3, 0.4) is 0 Å². The summed E-state index contributed by atoms with van der Waals surface area (Å²) in [6.45, 7) is 0. The molecule has 0 radical (unpaired) electrons. The zero-order chi connectivity index (χ0) is 15.1. The molecule has 3 heterocycles. The molecule has 2 fully saturated rings. The molecule has 2 atom stereocenters. The van der Waals surface area contributed by atoms with E-state index in [0.29, 0.717) is 12.1 Å². The first-order valence-electron chi connectivity index (χ1n) is 6.88. The largest absolute Gasteiger partial charge is 0.358 e. The van der Waals surface area contributed by atoms with Gasteiger partial charge in [-0.25, -0.2) is 0 Å². The molecule has 9 heteroatoms. The van der Waals surface area contributed by atoms with Gasteiger partial charge in [-0.1, -0.05) is 5.10 Å². The number of nitro groups is 1. The highest BCUT2D eigenvalue weighted by Gasteiger charge is 2.39. The van der Waals surface area contributed by atoms with E-state index in [1.165, 1.54) is 12.8 Å². The van der Waals surface area contributed by atoms with E-state index in [-0.39, 0.29) is 27.9 Å². The maximum Gasteiger partial charge on any atom is 0.357 e. The van der Waals surface area contributed by atoms with Gasteiger partial charge in [0.05, 0.1) is 0 Å². The number of fused-ring (bicyclic) bond motifs is 2. The summed E-state index contributed by atoms with van der Waals surface area (Å²) in [6.07, 6.45) is 4.18. The molecule has 0 spiro atoms. The molecule has 2 N–H and O–H groups in total. The number of carbonyl (C=O) groups excluding carboxylic acids is 1. The number of rotatable bonds is 3. The molecule has 2 unspecified atom stereocenters. The smallest absolute Gasteiger partial charge is 0.357 e. The van der Waals surface area contributed by atoms with Gasteiger partial charge in [0.2, 0.25) is 0 Å². The topological polar surface area (TPSA) is 104 Å². The predicted molar refractivity (Wildman–Crippen MR) is 78.0 cm³/mol. The van der Waals surface area contributed by atoms with Gasteiger partial charge >= 0.3 is 5.82 Å². The van der Waals surface area contributed by atoms with Crippen molar-refractivity contribution in [1.82, 2.24) is 20.4 Å². The molecule has 1 amide bonds. The van der Waals surface area contributed by atoms with E-state index in [2.05, 4.69) is 43.4 Å². The van der Waals surface area contributed by atoms with Crippen molar-refractivity contribution in [2.45, 2.75) is 43.8 Å². The molecule has 2 saturated heterocycles. The van der Waals surface area contributed by atoms with Crippen LogP contribution in [0.15, 0.2) is 4.47 Å². The van der Waals surface area contributed by atoms with Crippen LogP contribution in [0.5, 0.6) is 0 Å². The summed E-state index contributed by atoms with van der Waals surface area (Å²) in [7, 11) is 2.13. The average Bonchev–Trinajstić information content (AvgIpc) is 2.87. The summed E-state index contributed by atoms with van der Waals surface area (Å²) in [5.41, 5.74) is 0.0352. The van der Waals surface area contributed by atoms with Crippen molar-refractivity contribution >= 4 is 27.7 Å². The van der Waals surface area contributed by atoms with E-state index < -0.39 is 4.92 Å². The third-order valence-corrected chi connectivity index (χ3v) is 5.27. The first-order valence-corrected chi connectivity index (χ1v) is 7.67. The van der Waals surface area contributed by atoms with Crippen LogP contribution >= 0.6 is 15.9 Å². The fraction of sp³-hybridized carbons (Fsp3) is 0.667. The van der Waals surface area contributed by atoms with Gasteiger partial charge in [0.15, 0.2) is 5.69 Å². The summed E-state index contributed by atoms with van der Waals surface area (Å²) in [5, 5.41) is 19.7. The van der Waals surface area contributed by atoms with Crippen LogP contribution in [0.1, 0.15) is 36.2 Å². The summed E-state index contributed by atoms with van der Waals surface area (Å²) in [6, 6.07) is 1.14. The lowest BCUT2D eigenvalue weighted by Crippen LogP contribution is -2.48.